The van der Waals surface area contributed by atoms with Crippen molar-refractivity contribution in [1.82, 2.24) is 10.6 Å². The Labute approximate surface area is 87.8 Å². The van der Waals surface area contributed by atoms with Crippen LogP contribution in [0.5, 0.6) is 0 Å². The van der Waals surface area contributed by atoms with E-state index in [1.54, 1.807) is 0 Å². The van der Waals surface area contributed by atoms with Crippen molar-refractivity contribution in [3.63, 3.8) is 0 Å². The van der Waals surface area contributed by atoms with Gasteiger partial charge in [0.1, 0.15) is 0 Å². The molecule has 2 N–H and O–H groups in total. The highest BCUT2D eigenvalue weighted by molar-refractivity contribution is 4.94. The molecule has 2 heteroatoms. The lowest BCUT2D eigenvalue weighted by atomic mass is 9.81. The van der Waals surface area contributed by atoms with Gasteiger partial charge in [-0.15, -0.1) is 0 Å². The van der Waals surface area contributed by atoms with Gasteiger partial charge >= 0.3 is 0 Å². The average Bonchev–Trinajstić information content (AvgIpc) is 2.80. The average molecular weight is 196 g/mol. The largest absolute Gasteiger partial charge is 0.316 e. The second-order valence-electron chi connectivity index (χ2n) is 5.61. The van der Waals surface area contributed by atoms with E-state index in [1.807, 2.05) is 0 Å². The third-order valence-electron chi connectivity index (χ3n) is 3.64. The Kier molecular flexibility index (Phi) is 3.13. The van der Waals surface area contributed by atoms with Crippen molar-refractivity contribution in [2.24, 2.45) is 11.3 Å². The Morgan fingerprint density at radius 2 is 2.21 bits per heavy atom. The number of hydrogen-bond donors (Lipinski definition) is 2. The van der Waals surface area contributed by atoms with Crippen LogP contribution in [-0.2, 0) is 0 Å². The van der Waals surface area contributed by atoms with Crippen LogP contribution in [0.15, 0.2) is 0 Å². The number of rotatable bonds is 5. The maximum atomic E-state index is 3.62. The first-order valence-electron chi connectivity index (χ1n) is 6.14. The van der Waals surface area contributed by atoms with Gasteiger partial charge < -0.3 is 10.6 Å². The summed E-state index contributed by atoms with van der Waals surface area (Å²) in [5.74, 6) is 1.06. The monoisotopic (exact) mass is 196 g/mol. The van der Waals surface area contributed by atoms with Gasteiger partial charge in [-0.2, -0.15) is 0 Å². The van der Waals surface area contributed by atoms with Crippen LogP contribution in [0, 0.1) is 11.3 Å². The first-order valence-corrected chi connectivity index (χ1v) is 6.14. The van der Waals surface area contributed by atoms with Crippen LogP contribution in [-0.4, -0.2) is 25.7 Å². The van der Waals surface area contributed by atoms with Crippen LogP contribution < -0.4 is 10.6 Å². The van der Waals surface area contributed by atoms with Gasteiger partial charge in [0.15, 0.2) is 0 Å². The van der Waals surface area contributed by atoms with Crippen molar-refractivity contribution in [1.29, 1.82) is 0 Å². The summed E-state index contributed by atoms with van der Waals surface area (Å²) in [6.07, 6.45) is 5.82. The maximum absolute atomic E-state index is 3.62. The van der Waals surface area contributed by atoms with E-state index >= 15 is 0 Å². The molecule has 0 bridgehead atoms. The molecule has 0 aromatic heterocycles. The Bertz CT molecular complexity index is 179. The molecule has 1 aliphatic carbocycles. The van der Waals surface area contributed by atoms with Crippen LogP contribution in [0.25, 0.3) is 0 Å². The summed E-state index contributed by atoms with van der Waals surface area (Å²) in [5, 5.41) is 7.15. The summed E-state index contributed by atoms with van der Waals surface area (Å²) >= 11 is 0. The van der Waals surface area contributed by atoms with Gasteiger partial charge in [-0.05, 0) is 30.7 Å². The molecule has 1 saturated carbocycles. The van der Waals surface area contributed by atoms with Gasteiger partial charge in [-0.1, -0.05) is 26.7 Å². The first-order chi connectivity index (χ1) is 6.70. The van der Waals surface area contributed by atoms with E-state index in [2.05, 4.69) is 24.5 Å². The summed E-state index contributed by atoms with van der Waals surface area (Å²) in [6.45, 7) is 8.17. The highest BCUT2D eigenvalue weighted by Crippen LogP contribution is 2.42. The zero-order chi connectivity index (χ0) is 10.0. The Morgan fingerprint density at radius 1 is 1.43 bits per heavy atom. The lowest BCUT2D eigenvalue weighted by Gasteiger charge is -2.29. The predicted molar refractivity (Wildman–Crippen MR) is 60.4 cm³/mol. The molecule has 0 amide bonds. The molecule has 2 nitrogen and oxygen atoms in total. The predicted octanol–water partition coefficient (Wildman–Crippen LogP) is 1.76. The van der Waals surface area contributed by atoms with Gasteiger partial charge in [0.05, 0.1) is 0 Å². The standard InChI is InChI=1S/C12H24N2/c1-10(2)14-9-12(5-6-13-8-12)7-11-3-4-11/h10-11,13-14H,3-9H2,1-2H3. The molecule has 0 spiro atoms. The third kappa shape index (κ3) is 2.71. The number of nitrogens with one attached hydrogen (secondary N) is 2. The van der Waals surface area contributed by atoms with E-state index in [0.29, 0.717) is 11.5 Å². The quantitative estimate of drug-likeness (QED) is 0.700. The van der Waals surface area contributed by atoms with E-state index in [0.717, 1.165) is 5.92 Å². The normalized spacial score (nSPS) is 32.8. The van der Waals surface area contributed by atoms with E-state index in [-0.39, 0.29) is 0 Å². The first kappa shape index (κ1) is 10.4. The third-order valence-corrected chi connectivity index (χ3v) is 3.64. The van der Waals surface area contributed by atoms with E-state index in [9.17, 15) is 0 Å². The number of hydrogen-bond acceptors (Lipinski definition) is 2. The summed E-state index contributed by atoms with van der Waals surface area (Å²) in [4.78, 5) is 0. The zero-order valence-corrected chi connectivity index (χ0v) is 9.60. The van der Waals surface area contributed by atoms with Gasteiger partial charge in [0.2, 0.25) is 0 Å². The molecule has 1 aliphatic heterocycles. The molecule has 0 aromatic carbocycles. The van der Waals surface area contributed by atoms with E-state index in [1.165, 1.54) is 45.3 Å². The Hall–Kier alpha value is -0.0800. The molecule has 0 radical (unpaired) electrons. The summed E-state index contributed by atoms with van der Waals surface area (Å²) in [6, 6.07) is 0.631. The molecule has 14 heavy (non-hydrogen) atoms. The van der Waals surface area contributed by atoms with Crippen molar-refractivity contribution in [2.45, 2.75) is 45.6 Å². The smallest absolute Gasteiger partial charge is 0.00229 e. The van der Waals surface area contributed by atoms with Crippen molar-refractivity contribution in [3.05, 3.63) is 0 Å². The fraction of sp³-hybridized carbons (Fsp3) is 1.00. The van der Waals surface area contributed by atoms with Gasteiger partial charge in [-0.25, -0.2) is 0 Å². The van der Waals surface area contributed by atoms with Gasteiger partial charge in [-0.3, -0.25) is 0 Å². The fourth-order valence-corrected chi connectivity index (χ4v) is 2.55. The van der Waals surface area contributed by atoms with Crippen molar-refractivity contribution in [3.8, 4) is 0 Å². The topological polar surface area (TPSA) is 24.1 Å². The molecule has 1 saturated heterocycles. The summed E-state index contributed by atoms with van der Waals surface area (Å²) in [5.41, 5.74) is 0.589. The molecule has 1 atom stereocenters. The summed E-state index contributed by atoms with van der Waals surface area (Å²) < 4.78 is 0. The molecular weight excluding hydrogens is 172 g/mol. The highest BCUT2D eigenvalue weighted by Gasteiger charge is 2.38. The zero-order valence-electron chi connectivity index (χ0n) is 9.60. The van der Waals surface area contributed by atoms with Crippen LogP contribution >= 0.6 is 0 Å². The minimum Gasteiger partial charge on any atom is -0.316 e. The molecule has 2 aliphatic rings. The lowest BCUT2D eigenvalue weighted by molar-refractivity contribution is 0.257. The Balaban J connectivity index is 1.84. The molecule has 0 aromatic rings. The molecule has 82 valence electrons. The fourth-order valence-electron chi connectivity index (χ4n) is 2.55. The van der Waals surface area contributed by atoms with E-state index in [4.69, 9.17) is 0 Å². The van der Waals surface area contributed by atoms with Crippen molar-refractivity contribution in [2.75, 3.05) is 19.6 Å². The van der Waals surface area contributed by atoms with Crippen LogP contribution in [0.1, 0.15) is 39.5 Å². The molecular formula is C12H24N2. The van der Waals surface area contributed by atoms with Crippen LogP contribution in [0.4, 0.5) is 0 Å². The molecule has 1 heterocycles. The molecule has 1 unspecified atom stereocenters. The summed E-state index contributed by atoms with van der Waals surface area (Å²) in [7, 11) is 0. The van der Waals surface area contributed by atoms with Gasteiger partial charge in [0, 0.05) is 19.1 Å². The van der Waals surface area contributed by atoms with Crippen LogP contribution in [0.2, 0.25) is 0 Å². The Morgan fingerprint density at radius 3 is 2.71 bits per heavy atom. The van der Waals surface area contributed by atoms with Crippen molar-refractivity contribution >= 4 is 0 Å². The molecule has 2 fully saturated rings. The lowest BCUT2D eigenvalue weighted by Crippen LogP contribution is -2.39. The van der Waals surface area contributed by atoms with Crippen molar-refractivity contribution < 1.29 is 0 Å². The van der Waals surface area contributed by atoms with E-state index < -0.39 is 0 Å². The minimum atomic E-state index is 0.589. The van der Waals surface area contributed by atoms with Crippen LogP contribution in [0.3, 0.4) is 0 Å². The van der Waals surface area contributed by atoms with Gasteiger partial charge in [0.25, 0.3) is 0 Å². The SMILES string of the molecule is CC(C)NCC1(CC2CC2)CCNC1. The maximum Gasteiger partial charge on any atom is 0.00229 e. The minimum absolute atomic E-state index is 0.589. The highest BCUT2D eigenvalue weighted by atomic mass is 15.0. The second-order valence-corrected chi connectivity index (χ2v) is 5.61. The second kappa shape index (κ2) is 4.19. The molecule has 2 rings (SSSR count).